The molecule has 2 atom stereocenters. The quantitative estimate of drug-likeness (QED) is 0.157. The smallest absolute Gasteiger partial charge is 0.320 e. The fraction of sp³-hybridized carbons (Fsp3) is 0.378. The van der Waals surface area contributed by atoms with Crippen molar-refractivity contribution in [2.24, 2.45) is 0 Å². The molecule has 2 aromatic heterocycles. The number of aryl methyl sites for hydroxylation is 1. The van der Waals surface area contributed by atoms with Crippen molar-refractivity contribution in [3.63, 3.8) is 0 Å². The molecular weight excluding hydrogens is 567 g/mol. The van der Waals surface area contributed by atoms with Crippen molar-refractivity contribution in [1.29, 1.82) is 0 Å². The van der Waals surface area contributed by atoms with Gasteiger partial charge in [0.2, 0.25) is 5.88 Å². The Morgan fingerprint density at radius 3 is 2.56 bits per heavy atom. The molecule has 1 fully saturated rings. The van der Waals surface area contributed by atoms with E-state index in [-0.39, 0.29) is 35.2 Å². The number of ether oxygens (including phenoxy) is 2. The van der Waals surface area contributed by atoms with Gasteiger partial charge < -0.3 is 14.6 Å². The lowest BCUT2D eigenvalue weighted by molar-refractivity contribution is 0.0822. The molecule has 45 heavy (non-hydrogen) atoms. The number of fused-ring (bicyclic) bond motifs is 2. The minimum Gasteiger partial charge on any atom is -0.472 e. The van der Waals surface area contributed by atoms with E-state index in [4.69, 9.17) is 9.47 Å². The SMILES string of the molecule is CCCC1(COc2nc(OCc3ccccc3)c3cnc(-c4cccc5cccc(CCC(C)O)c45)c(F)c3n2)CCCN1C. The number of pyridine rings is 1. The summed E-state index contributed by atoms with van der Waals surface area (Å²) < 4.78 is 29.2. The number of aliphatic hydroxyl groups excluding tert-OH is 1. The van der Waals surface area contributed by atoms with E-state index < -0.39 is 11.9 Å². The molecule has 8 heteroatoms. The number of nitrogens with zero attached hydrogens (tertiary/aromatic N) is 4. The van der Waals surface area contributed by atoms with E-state index >= 15 is 4.39 Å². The van der Waals surface area contributed by atoms with Gasteiger partial charge in [-0.15, -0.1) is 0 Å². The number of aliphatic hydroxyl groups is 1. The largest absolute Gasteiger partial charge is 0.472 e. The monoisotopic (exact) mass is 608 g/mol. The molecule has 0 bridgehead atoms. The van der Waals surface area contributed by atoms with Crippen molar-refractivity contribution in [3.05, 3.63) is 89.9 Å². The summed E-state index contributed by atoms with van der Waals surface area (Å²) in [5.74, 6) is -0.319. The maximum atomic E-state index is 16.7. The molecule has 0 amide bonds. The van der Waals surface area contributed by atoms with Crippen LogP contribution in [0.4, 0.5) is 4.39 Å². The molecule has 6 rings (SSSR count). The highest BCUT2D eigenvalue weighted by molar-refractivity contribution is 6.00. The van der Waals surface area contributed by atoms with Crippen molar-refractivity contribution in [1.82, 2.24) is 19.9 Å². The van der Waals surface area contributed by atoms with Crippen LogP contribution in [0.1, 0.15) is 57.1 Å². The third-order valence-electron chi connectivity index (χ3n) is 9.06. The normalized spacial score (nSPS) is 17.6. The van der Waals surface area contributed by atoms with Gasteiger partial charge in [0.15, 0.2) is 5.82 Å². The van der Waals surface area contributed by atoms with E-state index in [9.17, 15) is 5.11 Å². The summed E-state index contributed by atoms with van der Waals surface area (Å²) in [6, 6.07) is 21.7. The van der Waals surface area contributed by atoms with E-state index in [2.05, 4.69) is 33.8 Å². The van der Waals surface area contributed by atoms with Gasteiger partial charge in [-0.3, -0.25) is 9.88 Å². The lowest BCUT2D eigenvalue weighted by Crippen LogP contribution is -2.46. The van der Waals surface area contributed by atoms with E-state index in [0.717, 1.165) is 54.1 Å². The Labute approximate surface area is 264 Å². The average Bonchev–Trinajstić information content (AvgIpc) is 3.41. The van der Waals surface area contributed by atoms with Gasteiger partial charge in [-0.1, -0.05) is 80.1 Å². The zero-order valence-corrected chi connectivity index (χ0v) is 26.3. The third kappa shape index (κ3) is 6.49. The van der Waals surface area contributed by atoms with Gasteiger partial charge in [0.05, 0.1) is 17.0 Å². The van der Waals surface area contributed by atoms with Crippen molar-refractivity contribution >= 4 is 21.7 Å². The first-order valence-corrected chi connectivity index (χ1v) is 15.9. The first kappa shape index (κ1) is 30.9. The van der Waals surface area contributed by atoms with Gasteiger partial charge in [0.1, 0.15) is 24.4 Å². The van der Waals surface area contributed by atoms with Crippen LogP contribution >= 0.6 is 0 Å². The summed E-state index contributed by atoms with van der Waals surface area (Å²) in [4.78, 5) is 16.3. The molecular formula is C37H41FN4O3. The highest BCUT2D eigenvalue weighted by Gasteiger charge is 2.39. The minimum atomic E-state index is -0.552. The standard InChI is InChI=1S/C37H41FN4O3/c1-4-19-37(20-10-21-42(37)3)24-45-36-40-34-30(35(41-36)44-23-26-11-6-5-7-12-26)22-39-33(32(34)38)29-16-9-15-27-13-8-14-28(31(27)29)18-17-25(2)43/h5-9,11-16,22,25,43H,4,10,17-21,23-24H2,1-3H3. The Bertz CT molecular complexity index is 1780. The van der Waals surface area contributed by atoms with Gasteiger partial charge in [0.25, 0.3) is 0 Å². The molecule has 234 valence electrons. The Morgan fingerprint density at radius 2 is 1.82 bits per heavy atom. The molecule has 0 spiro atoms. The molecule has 1 N–H and O–H groups in total. The highest BCUT2D eigenvalue weighted by atomic mass is 19.1. The second-order valence-electron chi connectivity index (χ2n) is 12.3. The van der Waals surface area contributed by atoms with Crippen molar-refractivity contribution in [2.45, 2.75) is 70.6 Å². The van der Waals surface area contributed by atoms with Crippen LogP contribution in [0.5, 0.6) is 11.9 Å². The molecule has 3 heterocycles. The second-order valence-corrected chi connectivity index (χ2v) is 12.3. The number of aromatic nitrogens is 3. The summed E-state index contributed by atoms with van der Waals surface area (Å²) in [5.41, 5.74) is 2.88. The first-order valence-electron chi connectivity index (χ1n) is 15.9. The fourth-order valence-corrected chi connectivity index (χ4v) is 6.60. The molecule has 1 aliphatic heterocycles. The summed E-state index contributed by atoms with van der Waals surface area (Å²) in [6.07, 6.45) is 6.59. The van der Waals surface area contributed by atoms with Gasteiger partial charge in [0, 0.05) is 11.8 Å². The van der Waals surface area contributed by atoms with E-state index in [1.807, 2.05) is 66.7 Å². The number of hydrogen-bond acceptors (Lipinski definition) is 7. The van der Waals surface area contributed by atoms with Crippen LogP contribution in [0.2, 0.25) is 0 Å². The van der Waals surface area contributed by atoms with Crippen LogP contribution in [0.25, 0.3) is 32.9 Å². The van der Waals surface area contributed by atoms with Crippen LogP contribution in [0.15, 0.2) is 72.9 Å². The lowest BCUT2D eigenvalue weighted by Gasteiger charge is -2.35. The molecule has 2 unspecified atom stereocenters. The van der Waals surface area contributed by atoms with Crippen LogP contribution in [0.3, 0.4) is 0 Å². The average molecular weight is 609 g/mol. The van der Waals surface area contributed by atoms with Crippen molar-refractivity contribution in [3.8, 4) is 23.1 Å². The van der Waals surface area contributed by atoms with Crippen molar-refractivity contribution < 1.29 is 19.0 Å². The first-order chi connectivity index (χ1) is 21.9. The molecule has 7 nitrogen and oxygen atoms in total. The number of halogens is 1. The number of likely N-dealkylation sites (N-methyl/N-ethyl adjacent to an activating group) is 1. The lowest BCUT2D eigenvalue weighted by atomic mass is 9.92. The zero-order chi connectivity index (χ0) is 31.4. The minimum absolute atomic E-state index is 0.0907. The molecule has 1 aliphatic rings. The predicted octanol–water partition coefficient (Wildman–Crippen LogP) is 7.52. The Balaban J connectivity index is 1.44. The summed E-state index contributed by atoms with van der Waals surface area (Å²) >= 11 is 0. The Morgan fingerprint density at radius 1 is 1.02 bits per heavy atom. The van der Waals surface area contributed by atoms with Crippen LogP contribution in [0, 0.1) is 5.82 Å². The number of benzene rings is 3. The molecule has 0 radical (unpaired) electrons. The topological polar surface area (TPSA) is 80.6 Å². The van der Waals surface area contributed by atoms with Crippen molar-refractivity contribution in [2.75, 3.05) is 20.2 Å². The van der Waals surface area contributed by atoms with E-state index in [1.165, 1.54) is 0 Å². The summed E-state index contributed by atoms with van der Waals surface area (Å²) in [5, 5.41) is 12.3. The Hall–Kier alpha value is -4.14. The fourth-order valence-electron chi connectivity index (χ4n) is 6.60. The highest BCUT2D eigenvalue weighted by Crippen LogP contribution is 2.37. The maximum absolute atomic E-state index is 16.7. The molecule has 5 aromatic rings. The molecule has 1 saturated heterocycles. The second kappa shape index (κ2) is 13.5. The summed E-state index contributed by atoms with van der Waals surface area (Å²) in [6.45, 7) is 5.65. The van der Waals surface area contributed by atoms with Crippen LogP contribution in [-0.2, 0) is 13.0 Å². The van der Waals surface area contributed by atoms with Crippen LogP contribution in [-0.4, -0.2) is 56.8 Å². The summed E-state index contributed by atoms with van der Waals surface area (Å²) in [7, 11) is 2.14. The van der Waals surface area contributed by atoms with Gasteiger partial charge in [-0.25, -0.2) is 4.39 Å². The maximum Gasteiger partial charge on any atom is 0.320 e. The van der Waals surface area contributed by atoms with Gasteiger partial charge in [-0.05, 0) is 74.5 Å². The third-order valence-corrected chi connectivity index (χ3v) is 9.06. The van der Waals surface area contributed by atoms with Gasteiger partial charge in [-0.2, -0.15) is 9.97 Å². The zero-order valence-electron chi connectivity index (χ0n) is 26.3. The van der Waals surface area contributed by atoms with E-state index in [1.54, 1.807) is 13.1 Å². The molecule has 3 aromatic carbocycles. The number of rotatable bonds is 12. The molecule has 0 aliphatic carbocycles. The molecule has 0 saturated carbocycles. The van der Waals surface area contributed by atoms with Crippen LogP contribution < -0.4 is 9.47 Å². The number of likely N-dealkylation sites (tertiary alicyclic amines) is 1. The Kier molecular flexibility index (Phi) is 9.24. The van der Waals surface area contributed by atoms with E-state index in [0.29, 0.717) is 30.4 Å². The van der Waals surface area contributed by atoms with Gasteiger partial charge >= 0.3 is 6.01 Å². The number of hydrogen-bond donors (Lipinski definition) is 1. The predicted molar refractivity (Wildman–Crippen MR) is 176 cm³/mol.